The van der Waals surface area contributed by atoms with Crippen LogP contribution in [0.2, 0.25) is 0 Å². The Hall–Kier alpha value is -1.44. The molecule has 4 nitrogen and oxygen atoms in total. The minimum atomic E-state index is -3.64. The standard InChI is InChI=1S/C13H15FN2O2S2/c1-9-8-10(14)2-4-12(9)16-20(17,18)13-5-3-11(19-13)6-7-15/h2-5,8,16H,6-7,15H2,1H3. The molecule has 0 aliphatic rings. The molecule has 1 aromatic heterocycles. The lowest BCUT2D eigenvalue weighted by atomic mass is 10.2. The van der Waals surface area contributed by atoms with E-state index in [4.69, 9.17) is 5.73 Å². The summed E-state index contributed by atoms with van der Waals surface area (Å²) < 4.78 is 40.2. The average Bonchev–Trinajstić information content (AvgIpc) is 2.83. The predicted octanol–water partition coefficient (Wildman–Crippen LogP) is 2.50. The summed E-state index contributed by atoms with van der Waals surface area (Å²) in [5, 5.41) is 0. The second-order valence-corrected chi connectivity index (χ2v) is 7.40. The summed E-state index contributed by atoms with van der Waals surface area (Å²) in [6, 6.07) is 7.22. The van der Waals surface area contributed by atoms with E-state index >= 15 is 0 Å². The third kappa shape index (κ3) is 3.36. The van der Waals surface area contributed by atoms with Crippen molar-refractivity contribution in [3.05, 3.63) is 46.6 Å². The van der Waals surface area contributed by atoms with Crippen LogP contribution in [-0.2, 0) is 16.4 Å². The van der Waals surface area contributed by atoms with E-state index in [1.165, 1.54) is 29.5 Å². The maximum Gasteiger partial charge on any atom is 0.271 e. The number of halogens is 1. The minimum absolute atomic E-state index is 0.227. The van der Waals surface area contributed by atoms with Gasteiger partial charge in [0.15, 0.2) is 0 Å². The molecule has 0 aliphatic carbocycles. The van der Waals surface area contributed by atoms with Crippen molar-refractivity contribution in [2.24, 2.45) is 5.73 Å². The maximum atomic E-state index is 13.0. The number of hydrogen-bond donors (Lipinski definition) is 2. The van der Waals surface area contributed by atoms with Crippen molar-refractivity contribution in [2.45, 2.75) is 17.6 Å². The molecule has 1 aromatic carbocycles. The largest absolute Gasteiger partial charge is 0.330 e. The third-order valence-electron chi connectivity index (χ3n) is 2.73. The van der Waals surface area contributed by atoms with E-state index in [1.54, 1.807) is 19.1 Å². The number of nitrogens with one attached hydrogen (secondary N) is 1. The van der Waals surface area contributed by atoms with Crippen LogP contribution in [0.5, 0.6) is 0 Å². The number of nitrogens with two attached hydrogens (primary N) is 1. The van der Waals surface area contributed by atoms with Crippen LogP contribution in [0.3, 0.4) is 0 Å². The highest BCUT2D eigenvalue weighted by Gasteiger charge is 2.17. The predicted molar refractivity (Wildman–Crippen MR) is 79.0 cm³/mol. The van der Waals surface area contributed by atoms with Crippen LogP contribution in [0.1, 0.15) is 10.4 Å². The molecule has 0 atom stereocenters. The smallest absolute Gasteiger partial charge is 0.271 e. The topological polar surface area (TPSA) is 72.2 Å². The molecule has 2 aromatic rings. The van der Waals surface area contributed by atoms with Gasteiger partial charge in [0.05, 0.1) is 5.69 Å². The molecule has 0 saturated heterocycles. The first kappa shape index (κ1) is 15.0. The van der Waals surface area contributed by atoms with E-state index in [-0.39, 0.29) is 4.21 Å². The number of rotatable bonds is 5. The summed E-state index contributed by atoms with van der Waals surface area (Å²) >= 11 is 1.19. The zero-order valence-corrected chi connectivity index (χ0v) is 12.5. The number of benzene rings is 1. The van der Waals surface area contributed by atoms with Crippen molar-refractivity contribution in [3.8, 4) is 0 Å². The molecule has 0 unspecified atom stereocenters. The van der Waals surface area contributed by atoms with Crippen LogP contribution in [-0.4, -0.2) is 15.0 Å². The Morgan fingerprint density at radius 2 is 2.05 bits per heavy atom. The molecule has 0 radical (unpaired) electrons. The Balaban J connectivity index is 2.26. The summed E-state index contributed by atoms with van der Waals surface area (Å²) in [5.41, 5.74) is 6.35. The van der Waals surface area contributed by atoms with Crippen LogP contribution in [0, 0.1) is 12.7 Å². The number of hydrogen-bond acceptors (Lipinski definition) is 4. The fourth-order valence-corrected chi connectivity index (χ4v) is 4.22. The number of thiophene rings is 1. The molecular formula is C13H15FN2O2S2. The van der Waals surface area contributed by atoms with Gasteiger partial charge in [-0.3, -0.25) is 4.72 Å². The van der Waals surface area contributed by atoms with Gasteiger partial charge >= 0.3 is 0 Å². The molecule has 0 bridgehead atoms. The van der Waals surface area contributed by atoms with Crippen LogP contribution in [0.25, 0.3) is 0 Å². The van der Waals surface area contributed by atoms with Crippen molar-refractivity contribution in [1.29, 1.82) is 0 Å². The van der Waals surface area contributed by atoms with E-state index in [0.29, 0.717) is 24.2 Å². The summed E-state index contributed by atoms with van der Waals surface area (Å²) in [6.45, 7) is 2.12. The van der Waals surface area contributed by atoms with Gasteiger partial charge in [-0.1, -0.05) is 0 Å². The molecule has 0 saturated carbocycles. The number of anilines is 1. The van der Waals surface area contributed by atoms with E-state index in [9.17, 15) is 12.8 Å². The number of sulfonamides is 1. The fraction of sp³-hybridized carbons (Fsp3) is 0.231. The number of aryl methyl sites for hydroxylation is 1. The van der Waals surface area contributed by atoms with Crippen molar-refractivity contribution in [2.75, 3.05) is 11.3 Å². The molecule has 3 N–H and O–H groups in total. The SMILES string of the molecule is Cc1cc(F)ccc1NS(=O)(=O)c1ccc(CCN)s1. The quantitative estimate of drug-likeness (QED) is 0.890. The van der Waals surface area contributed by atoms with E-state index in [0.717, 1.165) is 4.88 Å². The van der Waals surface area contributed by atoms with Crippen LogP contribution >= 0.6 is 11.3 Å². The Bertz CT molecular complexity index is 711. The van der Waals surface area contributed by atoms with Gasteiger partial charge in [0.2, 0.25) is 0 Å². The second kappa shape index (κ2) is 5.90. The monoisotopic (exact) mass is 314 g/mol. The van der Waals surface area contributed by atoms with Crippen molar-refractivity contribution in [1.82, 2.24) is 0 Å². The molecule has 2 rings (SSSR count). The Morgan fingerprint density at radius 1 is 1.30 bits per heavy atom. The normalized spacial score (nSPS) is 11.6. The van der Waals surface area contributed by atoms with Gasteiger partial charge < -0.3 is 5.73 Å². The lowest BCUT2D eigenvalue weighted by Gasteiger charge is -2.09. The summed E-state index contributed by atoms with van der Waals surface area (Å²) in [5.74, 6) is -0.396. The molecule has 7 heteroatoms. The van der Waals surface area contributed by atoms with Gasteiger partial charge in [0.1, 0.15) is 10.0 Å². The molecule has 0 spiro atoms. The zero-order valence-electron chi connectivity index (χ0n) is 10.9. The summed E-state index contributed by atoms with van der Waals surface area (Å²) in [4.78, 5) is 0.920. The molecule has 0 fully saturated rings. The summed E-state index contributed by atoms with van der Waals surface area (Å²) in [7, 11) is -3.64. The Morgan fingerprint density at radius 3 is 2.70 bits per heavy atom. The van der Waals surface area contributed by atoms with Gasteiger partial charge in [0, 0.05) is 4.88 Å². The first-order valence-electron chi connectivity index (χ1n) is 6.00. The van der Waals surface area contributed by atoms with E-state index in [2.05, 4.69) is 4.72 Å². The van der Waals surface area contributed by atoms with Crippen molar-refractivity contribution in [3.63, 3.8) is 0 Å². The van der Waals surface area contributed by atoms with Gasteiger partial charge in [-0.25, -0.2) is 12.8 Å². The molecule has 0 amide bonds. The highest BCUT2D eigenvalue weighted by molar-refractivity contribution is 7.94. The maximum absolute atomic E-state index is 13.0. The van der Waals surface area contributed by atoms with Gasteiger partial charge in [-0.05, 0) is 55.8 Å². The minimum Gasteiger partial charge on any atom is -0.330 e. The highest BCUT2D eigenvalue weighted by atomic mass is 32.2. The first-order valence-corrected chi connectivity index (χ1v) is 8.30. The van der Waals surface area contributed by atoms with Crippen LogP contribution in [0.4, 0.5) is 10.1 Å². The van der Waals surface area contributed by atoms with Gasteiger partial charge in [-0.2, -0.15) is 0 Å². The third-order valence-corrected chi connectivity index (χ3v) is 5.73. The Labute approximate surface area is 121 Å². The average molecular weight is 314 g/mol. The first-order chi connectivity index (χ1) is 9.42. The van der Waals surface area contributed by atoms with E-state index < -0.39 is 15.8 Å². The van der Waals surface area contributed by atoms with Gasteiger partial charge in [0.25, 0.3) is 10.0 Å². The van der Waals surface area contributed by atoms with Crippen LogP contribution < -0.4 is 10.5 Å². The molecular weight excluding hydrogens is 299 g/mol. The fourth-order valence-electron chi connectivity index (χ4n) is 1.72. The molecule has 20 heavy (non-hydrogen) atoms. The molecule has 108 valence electrons. The molecule has 0 aliphatic heterocycles. The highest BCUT2D eigenvalue weighted by Crippen LogP contribution is 2.25. The van der Waals surface area contributed by atoms with Crippen molar-refractivity contribution >= 4 is 27.0 Å². The lowest BCUT2D eigenvalue weighted by molar-refractivity contribution is 0.602. The lowest BCUT2D eigenvalue weighted by Crippen LogP contribution is -2.12. The molecule has 1 heterocycles. The van der Waals surface area contributed by atoms with Gasteiger partial charge in [-0.15, -0.1) is 11.3 Å². The second-order valence-electron chi connectivity index (χ2n) is 4.32. The van der Waals surface area contributed by atoms with E-state index in [1.807, 2.05) is 0 Å². The van der Waals surface area contributed by atoms with Crippen LogP contribution in [0.15, 0.2) is 34.5 Å². The van der Waals surface area contributed by atoms with Crippen molar-refractivity contribution < 1.29 is 12.8 Å². The summed E-state index contributed by atoms with van der Waals surface area (Å²) in [6.07, 6.45) is 0.649. The zero-order chi connectivity index (χ0) is 14.8. The Kier molecular flexibility index (Phi) is 4.42.